The molecule has 3 aromatic heterocycles. The minimum Gasteiger partial charge on any atom is -0.386 e. The molecule has 2 aliphatic carbocycles. The molecule has 2 fully saturated rings. The van der Waals surface area contributed by atoms with E-state index in [1.54, 1.807) is 21.6 Å². The number of aromatic nitrogens is 5. The fourth-order valence-electron chi connectivity index (χ4n) is 5.93. The average molecular weight is 525 g/mol. The lowest BCUT2D eigenvalue weighted by atomic mass is 10.0. The normalized spacial score (nSPS) is 19.9. The van der Waals surface area contributed by atoms with Gasteiger partial charge in [-0.15, -0.1) is 6.58 Å². The van der Waals surface area contributed by atoms with E-state index < -0.39 is 6.10 Å². The van der Waals surface area contributed by atoms with Crippen LogP contribution in [0.2, 0.25) is 0 Å². The first kappa shape index (κ1) is 24.1. The number of anilines is 3. The standard InChI is InChI=1S/C29H32N8O2/c1-3-12-36-27(39)22-18-30-28(31-20-5-7-21(8-6-20)35-15-13-34(2)14-16-35)33-26(22)37(36)23-9-4-19-17-29(10-11-29)25(38)24(19)32-23/h3-9,18,25,38H,1,10-17H2,2H3,(H,30,31,33). The number of allylic oxidation sites excluding steroid dienone is 1. The quantitative estimate of drug-likeness (QED) is 0.371. The Hall–Kier alpha value is -4.02. The lowest BCUT2D eigenvalue weighted by Crippen LogP contribution is -2.44. The Morgan fingerprint density at radius 3 is 2.59 bits per heavy atom. The van der Waals surface area contributed by atoms with Crippen LogP contribution in [0.5, 0.6) is 0 Å². The number of fused-ring (bicyclic) bond motifs is 2. The van der Waals surface area contributed by atoms with Gasteiger partial charge in [-0.25, -0.2) is 19.3 Å². The van der Waals surface area contributed by atoms with E-state index in [1.807, 2.05) is 24.3 Å². The van der Waals surface area contributed by atoms with E-state index in [9.17, 15) is 9.90 Å². The van der Waals surface area contributed by atoms with Gasteiger partial charge in [0.1, 0.15) is 11.5 Å². The zero-order chi connectivity index (χ0) is 26.7. The average Bonchev–Trinajstić information content (AvgIpc) is 3.62. The first-order chi connectivity index (χ1) is 19.0. The van der Waals surface area contributed by atoms with Crippen LogP contribution in [0.4, 0.5) is 17.3 Å². The van der Waals surface area contributed by atoms with Gasteiger partial charge in [0.05, 0.1) is 12.2 Å². The van der Waals surface area contributed by atoms with Crippen LogP contribution in [0.1, 0.15) is 30.2 Å². The van der Waals surface area contributed by atoms with E-state index >= 15 is 0 Å². The van der Waals surface area contributed by atoms with Crippen molar-refractivity contribution in [3.8, 4) is 5.82 Å². The van der Waals surface area contributed by atoms with Crippen LogP contribution < -0.4 is 15.8 Å². The molecule has 0 bridgehead atoms. The van der Waals surface area contributed by atoms with E-state index in [4.69, 9.17) is 9.97 Å². The monoisotopic (exact) mass is 524 g/mol. The number of aliphatic hydroxyl groups is 1. The zero-order valence-electron chi connectivity index (χ0n) is 22.0. The molecule has 1 spiro atoms. The molecule has 7 rings (SSSR count). The molecule has 1 atom stereocenters. The van der Waals surface area contributed by atoms with Crippen molar-refractivity contribution in [2.45, 2.75) is 31.9 Å². The molecule has 2 N–H and O–H groups in total. The molecule has 1 aromatic carbocycles. The van der Waals surface area contributed by atoms with Gasteiger partial charge in [0.15, 0.2) is 11.5 Å². The van der Waals surface area contributed by atoms with Crippen molar-refractivity contribution in [1.82, 2.24) is 29.2 Å². The maximum absolute atomic E-state index is 13.3. The number of aliphatic hydroxyl groups excluding tert-OH is 1. The second kappa shape index (κ2) is 9.03. The van der Waals surface area contributed by atoms with Crippen molar-refractivity contribution >= 4 is 28.4 Å². The van der Waals surface area contributed by atoms with Crippen molar-refractivity contribution in [2.75, 3.05) is 43.4 Å². The van der Waals surface area contributed by atoms with Gasteiger partial charge < -0.3 is 20.2 Å². The van der Waals surface area contributed by atoms with Crippen LogP contribution in [-0.4, -0.2) is 67.5 Å². The molecule has 1 saturated carbocycles. The van der Waals surface area contributed by atoms with Gasteiger partial charge in [-0.05, 0) is 62.2 Å². The molecule has 200 valence electrons. The minimum absolute atomic E-state index is 0.0490. The SMILES string of the molecule is C=CCn1c(=O)c2cnc(Nc3ccc(N4CCN(C)CC4)cc3)nc2n1-c1ccc2c(n1)C(O)C1(CC1)C2. The highest BCUT2D eigenvalue weighted by atomic mass is 16.3. The highest BCUT2D eigenvalue weighted by Crippen LogP contribution is 2.61. The Kier molecular flexibility index (Phi) is 5.57. The first-order valence-corrected chi connectivity index (χ1v) is 13.5. The van der Waals surface area contributed by atoms with Gasteiger partial charge in [-0.1, -0.05) is 12.1 Å². The molecule has 39 heavy (non-hydrogen) atoms. The van der Waals surface area contributed by atoms with Crippen LogP contribution in [0.25, 0.3) is 16.9 Å². The number of benzene rings is 1. The first-order valence-electron chi connectivity index (χ1n) is 13.5. The zero-order valence-corrected chi connectivity index (χ0v) is 22.0. The third-order valence-electron chi connectivity index (χ3n) is 8.46. The fourth-order valence-corrected chi connectivity index (χ4v) is 5.93. The number of nitrogens with one attached hydrogen (secondary N) is 1. The van der Waals surface area contributed by atoms with Crippen molar-refractivity contribution < 1.29 is 5.11 Å². The largest absolute Gasteiger partial charge is 0.386 e. The summed E-state index contributed by atoms with van der Waals surface area (Å²) >= 11 is 0. The third kappa shape index (κ3) is 4.02. The summed E-state index contributed by atoms with van der Waals surface area (Å²) in [5, 5.41) is 14.6. The number of nitrogens with zero attached hydrogens (tertiary/aromatic N) is 7. The van der Waals surface area contributed by atoms with Crippen molar-refractivity contribution in [3.63, 3.8) is 0 Å². The Bertz CT molecular complexity index is 1630. The van der Waals surface area contributed by atoms with E-state index in [2.05, 4.69) is 45.9 Å². The molecule has 3 aliphatic rings. The highest BCUT2D eigenvalue weighted by Gasteiger charge is 2.54. The number of likely N-dealkylation sites (N-methyl/N-ethyl adjacent to an activating group) is 1. The van der Waals surface area contributed by atoms with E-state index in [0.29, 0.717) is 28.5 Å². The molecule has 4 aromatic rings. The van der Waals surface area contributed by atoms with Crippen molar-refractivity contribution in [1.29, 1.82) is 0 Å². The highest BCUT2D eigenvalue weighted by molar-refractivity contribution is 5.77. The summed E-state index contributed by atoms with van der Waals surface area (Å²) < 4.78 is 3.28. The van der Waals surface area contributed by atoms with Crippen LogP contribution >= 0.6 is 0 Å². The van der Waals surface area contributed by atoms with Gasteiger partial charge in [0, 0.05) is 49.2 Å². The van der Waals surface area contributed by atoms with Gasteiger partial charge in [0.2, 0.25) is 5.95 Å². The molecule has 10 nitrogen and oxygen atoms in total. The number of hydrogen-bond acceptors (Lipinski definition) is 8. The molecule has 4 heterocycles. The topological polar surface area (TPSA) is 104 Å². The maximum Gasteiger partial charge on any atom is 0.278 e. The van der Waals surface area contributed by atoms with E-state index in [0.717, 1.165) is 56.7 Å². The number of pyridine rings is 1. The summed E-state index contributed by atoms with van der Waals surface area (Å²) in [6, 6.07) is 12.2. The number of piperazine rings is 1. The fraction of sp³-hybridized carbons (Fsp3) is 0.379. The van der Waals surface area contributed by atoms with E-state index in [1.165, 1.54) is 5.69 Å². The molecule has 1 aliphatic heterocycles. The predicted octanol–water partition coefficient (Wildman–Crippen LogP) is 3.03. The maximum atomic E-state index is 13.3. The molecule has 1 unspecified atom stereocenters. The van der Waals surface area contributed by atoms with Crippen molar-refractivity contribution in [2.24, 2.45) is 5.41 Å². The third-order valence-corrected chi connectivity index (χ3v) is 8.46. The van der Waals surface area contributed by atoms with Crippen LogP contribution in [0, 0.1) is 5.41 Å². The van der Waals surface area contributed by atoms with Gasteiger partial charge >= 0.3 is 0 Å². The van der Waals surface area contributed by atoms with Gasteiger partial charge in [0.25, 0.3) is 5.56 Å². The lowest BCUT2D eigenvalue weighted by molar-refractivity contribution is 0.105. The Labute approximate surface area is 226 Å². The molecular formula is C29H32N8O2. The Morgan fingerprint density at radius 2 is 1.87 bits per heavy atom. The van der Waals surface area contributed by atoms with E-state index in [-0.39, 0.29) is 17.5 Å². The summed E-state index contributed by atoms with van der Waals surface area (Å²) in [6.45, 7) is 8.25. The molecule has 1 saturated heterocycles. The van der Waals surface area contributed by atoms with Gasteiger partial charge in [-0.2, -0.15) is 4.98 Å². The summed E-state index contributed by atoms with van der Waals surface area (Å²) in [5.74, 6) is 0.929. The second-order valence-electron chi connectivity index (χ2n) is 11.0. The summed E-state index contributed by atoms with van der Waals surface area (Å²) in [4.78, 5) is 32.1. The van der Waals surface area contributed by atoms with Crippen LogP contribution in [-0.2, 0) is 13.0 Å². The van der Waals surface area contributed by atoms with Crippen LogP contribution in [0.15, 0.2) is 60.0 Å². The number of hydrogen-bond donors (Lipinski definition) is 2. The summed E-state index contributed by atoms with van der Waals surface area (Å²) in [7, 11) is 2.15. The minimum atomic E-state index is -0.575. The second-order valence-corrected chi connectivity index (χ2v) is 11.0. The smallest absolute Gasteiger partial charge is 0.278 e. The van der Waals surface area contributed by atoms with Crippen molar-refractivity contribution in [3.05, 3.63) is 76.9 Å². The number of rotatable bonds is 6. The molecule has 0 radical (unpaired) electrons. The summed E-state index contributed by atoms with van der Waals surface area (Å²) in [6.07, 6.45) is 5.55. The predicted molar refractivity (Wildman–Crippen MR) is 151 cm³/mol. The Balaban J connectivity index is 1.23. The lowest BCUT2D eigenvalue weighted by Gasteiger charge is -2.34. The molecule has 0 amide bonds. The molecular weight excluding hydrogens is 492 g/mol. The summed E-state index contributed by atoms with van der Waals surface area (Å²) in [5.41, 5.74) is 4.03. The Morgan fingerprint density at radius 1 is 1.10 bits per heavy atom. The van der Waals surface area contributed by atoms with Crippen LogP contribution in [0.3, 0.4) is 0 Å². The molecule has 10 heteroatoms. The van der Waals surface area contributed by atoms with Gasteiger partial charge in [-0.3, -0.25) is 4.79 Å².